The van der Waals surface area contributed by atoms with Crippen molar-refractivity contribution in [3.05, 3.63) is 87.9 Å². The fourth-order valence-corrected chi connectivity index (χ4v) is 5.70. The summed E-state index contributed by atoms with van der Waals surface area (Å²) in [5, 5.41) is 12.3. The Morgan fingerprint density at radius 2 is 1.78 bits per heavy atom. The highest BCUT2D eigenvalue weighted by Crippen LogP contribution is 2.45. The molecule has 3 heterocycles. The molecule has 9 heteroatoms. The summed E-state index contributed by atoms with van der Waals surface area (Å²) < 4.78 is 12.0. The van der Waals surface area contributed by atoms with Gasteiger partial charge < -0.3 is 14.6 Å². The zero-order valence-corrected chi connectivity index (χ0v) is 20.6. The number of aliphatic hydroxyl groups is 1. The Morgan fingerprint density at radius 3 is 2.56 bits per heavy atom. The van der Waals surface area contributed by atoms with Crippen molar-refractivity contribution < 1.29 is 24.2 Å². The van der Waals surface area contributed by atoms with Gasteiger partial charge >= 0.3 is 5.91 Å². The second kappa shape index (κ2) is 8.65. The Kier molecular flexibility index (Phi) is 5.43. The Labute approximate surface area is 215 Å². The van der Waals surface area contributed by atoms with Gasteiger partial charge in [0.2, 0.25) is 0 Å². The van der Waals surface area contributed by atoms with Gasteiger partial charge in [0.1, 0.15) is 19.0 Å². The molecule has 0 unspecified atom stereocenters. The van der Waals surface area contributed by atoms with E-state index in [1.807, 2.05) is 31.2 Å². The lowest BCUT2D eigenvalue weighted by Crippen LogP contribution is -2.29. The molecule has 1 N–H and O–H groups in total. The third kappa shape index (κ3) is 3.70. The topological polar surface area (TPSA) is 89.0 Å². The number of aliphatic hydroxyl groups excluding tert-OH is 1. The molecule has 1 amide bonds. The number of halogens is 1. The van der Waals surface area contributed by atoms with Crippen molar-refractivity contribution in [3.63, 3.8) is 0 Å². The summed E-state index contributed by atoms with van der Waals surface area (Å²) in [6, 6.07) is 16.8. The van der Waals surface area contributed by atoms with E-state index in [2.05, 4.69) is 4.98 Å². The number of amides is 1. The number of aryl methyl sites for hydroxylation is 1. The zero-order chi connectivity index (χ0) is 25.0. The Balaban J connectivity index is 1.54. The fraction of sp³-hybridized carbons (Fsp3) is 0.148. The van der Waals surface area contributed by atoms with Crippen molar-refractivity contribution in [1.29, 1.82) is 0 Å². The first-order valence-corrected chi connectivity index (χ1v) is 12.4. The van der Waals surface area contributed by atoms with E-state index in [0.29, 0.717) is 51.5 Å². The summed E-state index contributed by atoms with van der Waals surface area (Å²) >= 11 is 7.41. The zero-order valence-electron chi connectivity index (χ0n) is 19.0. The molecule has 3 aromatic carbocycles. The number of Topliss-reactive ketones (excluding diaryl/α,β-unsaturated/α-hetero) is 1. The van der Waals surface area contributed by atoms with Gasteiger partial charge in [-0.05, 0) is 48.9 Å². The van der Waals surface area contributed by atoms with Crippen molar-refractivity contribution in [2.75, 3.05) is 18.1 Å². The van der Waals surface area contributed by atoms with E-state index in [1.54, 1.807) is 36.4 Å². The molecule has 0 aliphatic carbocycles. The van der Waals surface area contributed by atoms with Gasteiger partial charge in [-0.2, -0.15) is 0 Å². The molecule has 0 saturated carbocycles. The monoisotopic (exact) mass is 518 g/mol. The van der Waals surface area contributed by atoms with E-state index in [1.165, 1.54) is 16.2 Å². The predicted octanol–water partition coefficient (Wildman–Crippen LogP) is 5.66. The average molecular weight is 519 g/mol. The third-order valence-electron chi connectivity index (χ3n) is 6.20. The van der Waals surface area contributed by atoms with Gasteiger partial charge in [-0.1, -0.05) is 52.8 Å². The van der Waals surface area contributed by atoms with E-state index in [9.17, 15) is 14.7 Å². The van der Waals surface area contributed by atoms with Gasteiger partial charge in [-0.15, -0.1) is 0 Å². The largest absolute Gasteiger partial charge is 0.507 e. The summed E-state index contributed by atoms with van der Waals surface area (Å²) in [6.07, 6.45) is 0. The highest BCUT2D eigenvalue weighted by molar-refractivity contribution is 7.22. The lowest BCUT2D eigenvalue weighted by atomic mass is 9.94. The van der Waals surface area contributed by atoms with E-state index < -0.39 is 17.7 Å². The van der Waals surface area contributed by atoms with Crippen LogP contribution in [0.4, 0.5) is 5.13 Å². The van der Waals surface area contributed by atoms with Crippen molar-refractivity contribution >= 4 is 55.7 Å². The Morgan fingerprint density at radius 1 is 1.03 bits per heavy atom. The van der Waals surface area contributed by atoms with Crippen LogP contribution in [-0.4, -0.2) is 35.0 Å². The smallest absolute Gasteiger partial charge is 0.301 e. The van der Waals surface area contributed by atoms with E-state index in [-0.39, 0.29) is 11.3 Å². The molecule has 6 rings (SSSR count). The first-order chi connectivity index (χ1) is 17.4. The number of hydrogen-bond donors (Lipinski definition) is 1. The summed E-state index contributed by atoms with van der Waals surface area (Å²) in [5.41, 5.74) is 2.70. The minimum atomic E-state index is -0.866. The van der Waals surface area contributed by atoms with Crippen LogP contribution in [0.15, 0.2) is 66.2 Å². The molecule has 0 spiro atoms. The number of carbonyl (C=O) groups is 2. The van der Waals surface area contributed by atoms with Crippen molar-refractivity contribution in [2.45, 2.75) is 13.0 Å². The molecule has 0 bridgehead atoms. The summed E-state index contributed by atoms with van der Waals surface area (Å²) in [7, 11) is 0. The SMILES string of the molecule is Cc1ccc([C@H]2C(=C(O)c3ccc4c(c3)OCCO4)C(=O)C(=O)N2c2nc3ccc(Cl)cc3s2)cc1. The van der Waals surface area contributed by atoms with Gasteiger partial charge in [0, 0.05) is 10.6 Å². The predicted molar refractivity (Wildman–Crippen MR) is 138 cm³/mol. The Hall–Kier alpha value is -3.88. The first kappa shape index (κ1) is 22.6. The summed E-state index contributed by atoms with van der Waals surface area (Å²) in [5.74, 6) is -0.812. The lowest BCUT2D eigenvalue weighted by Gasteiger charge is -2.23. The molecule has 180 valence electrons. The highest BCUT2D eigenvalue weighted by Gasteiger charge is 2.48. The second-order valence-electron chi connectivity index (χ2n) is 8.55. The molecule has 1 atom stereocenters. The van der Waals surface area contributed by atoms with Crippen LogP contribution in [0.3, 0.4) is 0 Å². The van der Waals surface area contributed by atoms with Gasteiger partial charge in [0.05, 0.1) is 21.8 Å². The molecule has 1 saturated heterocycles. The number of fused-ring (bicyclic) bond motifs is 2. The molecule has 7 nitrogen and oxygen atoms in total. The second-order valence-corrected chi connectivity index (χ2v) is 9.99. The van der Waals surface area contributed by atoms with Crippen LogP contribution in [-0.2, 0) is 9.59 Å². The van der Waals surface area contributed by atoms with Crippen LogP contribution in [0.1, 0.15) is 22.7 Å². The molecular weight excluding hydrogens is 500 g/mol. The Bertz CT molecular complexity index is 1580. The molecular formula is C27H19ClN2O5S. The number of nitrogens with zero attached hydrogens (tertiary/aromatic N) is 2. The van der Waals surface area contributed by atoms with E-state index >= 15 is 0 Å². The number of benzene rings is 3. The molecule has 4 aromatic rings. The molecule has 2 aliphatic heterocycles. The summed E-state index contributed by atoms with van der Waals surface area (Å²) in [4.78, 5) is 32.8. The molecule has 0 radical (unpaired) electrons. The maximum Gasteiger partial charge on any atom is 0.301 e. The number of anilines is 1. The standard InChI is InChI=1S/C27H19ClN2O5S/c1-14-2-4-15(5-3-14)23-22(24(31)16-6-9-19-20(12-16)35-11-10-34-19)25(32)26(33)30(23)27-29-18-8-7-17(28)13-21(18)36-27/h2-9,12-13,23,31H,10-11H2,1H3/t23-/m0/s1. The van der Waals surface area contributed by atoms with Crippen LogP contribution < -0.4 is 14.4 Å². The van der Waals surface area contributed by atoms with Crippen LogP contribution >= 0.6 is 22.9 Å². The third-order valence-corrected chi connectivity index (χ3v) is 7.45. The number of rotatable bonds is 3. The minimum Gasteiger partial charge on any atom is -0.507 e. The van der Waals surface area contributed by atoms with E-state index in [0.717, 1.165) is 10.3 Å². The van der Waals surface area contributed by atoms with E-state index in [4.69, 9.17) is 21.1 Å². The van der Waals surface area contributed by atoms with Crippen LogP contribution in [0.25, 0.3) is 16.0 Å². The number of hydrogen-bond acceptors (Lipinski definition) is 7. The number of ketones is 1. The fourth-order valence-electron chi connectivity index (χ4n) is 4.43. The maximum absolute atomic E-state index is 13.4. The van der Waals surface area contributed by atoms with Crippen LogP contribution in [0, 0.1) is 6.92 Å². The summed E-state index contributed by atoms with van der Waals surface area (Å²) in [6.45, 7) is 2.77. The quantitative estimate of drug-likeness (QED) is 0.214. The molecule has 36 heavy (non-hydrogen) atoms. The van der Waals surface area contributed by atoms with Crippen molar-refractivity contribution in [3.8, 4) is 11.5 Å². The van der Waals surface area contributed by atoms with Crippen molar-refractivity contribution in [2.24, 2.45) is 0 Å². The van der Waals surface area contributed by atoms with Crippen LogP contribution in [0.5, 0.6) is 11.5 Å². The average Bonchev–Trinajstić information content (AvgIpc) is 3.41. The normalized spacial score (nSPS) is 18.7. The number of thiazole rings is 1. The van der Waals surface area contributed by atoms with Gasteiger partial charge in [-0.25, -0.2) is 4.98 Å². The minimum absolute atomic E-state index is 0.0159. The number of carbonyl (C=O) groups excluding carboxylic acids is 2. The lowest BCUT2D eigenvalue weighted by molar-refractivity contribution is -0.132. The van der Waals surface area contributed by atoms with Gasteiger partial charge in [0.25, 0.3) is 5.78 Å². The highest BCUT2D eigenvalue weighted by atomic mass is 35.5. The molecule has 1 fully saturated rings. The molecule has 2 aliphatic rings. The first-order valence-electron chi connectivity index (χ1n) is 11.2. The number of aromatic nitrogens is 1. The van der Waals surface area contributed by atoms with Crippen LogP contribution in [0.2, 0.25) is 5.02 Å². The van der Waals surface area contributed by atoms with Gasteiger partial charge in [0.15, 0.2) is 16.6 Å². The molecule has 1 aromatic heterocycles. The van der Waals surface area contributed by atoms with Crippen molar-refractivity contribution in [1.82, 2.24) is 4.98 Å². The van der Waals surface area contributed by atoms with Gasteiger partial charge in [-0.3, -0.25) is 14.5 Å². The maximum atomic E-state index is 13.4. The number of ether oxygens (including phenoxy) is 2.